The van der Waals surface area contributed by atoms with Crippen LogP contribution in [0, 0.1) is 0 Å². The van der Waals surface area contributed by atoms with Crippen molar-refractivity contribution < 1.29 is 4.79 Å². The van der Waals surface area contributed by atoms with Crippen LogP contribution in [0.2, 0.25) is 5.02 Å². The molecule has 0 aliphatic rings. The van der Waals surface area contributed by atoms with Gasteiger partial charge in [0.2, 0.25) is 0 Å². The molecule has 0 atom stereocenters. The van der Waals surface area contributed by atoms with Gasteiger partial charge < -0.3 is 15.6 Å². The van der Waals surface area contributed by atoms with E-state index in [1.807, 2.05) is 0 Å². The molecule has 18 heavy (non-hydrogen) atoms. The zero-order valence-electron chi connectivity index (χ0n) is 9.64. The third-order valence-electron chi connectivity index (χ3n) is 2.36. The first kappa shape index (κ1) is 12.6. The van der Waals surface area contributed by atoms with Crippen LogP contribution in [0.15, 0.2) is 36.8 Å². The summed E-state index contributed by atoms with van der Waals surface area (Å²) in [4.78, 5) is 15.9. The van der Waals surface area contributed by atoms with E-state index < -0.39 is 0 Å². The lowest BCUT2D eigenvalue weighted by Crippen LogP contribution is -2.12. The Hall–Kier alpha value is -1.85. The monoisotopic (exact) mass is 264 g/mol. The molecule has 2 aromatic rings. The van der Waals surface area contributed by atoms with Crippen molar-refractivity contribution in [1.29, 1.82) is 0 Å². The molecule has 0 fully saturated rings. The predicted molar refractivity (Wildman–Crippen MR) is 70.7 cm³/mol. The van der Waals surface area contributed by atoms with E-state index >= 15 is 0 Å². The van der Waals surface area contributed by atoms with Gasteiger partial charge in [-0.3, -0.25) is 4.79 Å². The standard InChI is InChI=1S/C12H13ClN4O/c13-9-1-3-10(4-2-9)16-12(18)11-7-17(6-5-14)8-15-11/h1-4,7-8H,5-6,14H2,(H,16,18). The van der Waals surface area contributed by atoms with E-state index in [0.717, 1.165) is 0 Å². The first-order valence-electron chi connectivity index (χ1n) is 5.48. The van der Waals surface area contributed by atoms with Crippen LogP contribution < -0.4 is 11.1 Å². The molecule has 1 amide bonds. The van der Waals surface area contributed by atoms with Crippen LogP contribution in [0.25, 0.3) is 0 Å². The maximum Gasteiger partial charge on any atom is 0.275 e. The van der Waals surface area contributed by atoms with Gasteiger partial charge in [-0.1, -0.05) is 11.6 Å². The SMILES string of the molecule is NCCn1cnc(C(=O)Nc2ccc(Cl)cc2)c1. The number of amides is 1. The van der Waals surface area contributed by atoms with Crippen LogP contribution >= 0.6 is 11.6 Å². The summed E-state index contributed by atoms with van der Waals surface area (Å²) in [7, 11) is 0. The number of nitrogens with two attached hydrogens (primary N) is 1. The van der Waals surface area contributed by atoms with Gasteiger partial charge in [0.05, 0.1) is 6.33 Å². The summed E-state index contributed by atoms with van der Waals surface area (Å²) in [6.07, 6.45) is 3.25. The zero-order valence-corrected chi connectivity index (χ0v) is 10.4. The summed E-state index contributed by atoms with van der Waals surface area (Å²) in [6, 6.07) is 6.89. The van der Waals surface area contributed by atoms with Crippen molar-refractivity contribution in [3.05, 3.63) is 47.5 Å². The molecule has 94 valence electrons. The van der Waals surface area contributed by atoms with Gasteiger partial charge in [0, 0.05) is 30.0 Å². The topological polar surface area (TPSA) is 72.9 Å². The van der Waals surface area contributed by atoms with Crippen molar-refractivity contribution in [2.75, 3.05) is 11.9 Å². The summed E-state index contributed by atoms with van der Waals surface area (Å²) >= 11 is 5.76. The number of halogens is 1. The Morgan fingerprint density at radius 2 is 2.11 bits per heavy atom. The number of rotatable bonds is 4. The predicted octanol–water partition coefficient (Wildman–Crippen LogP) is 1.75. The lowest BCUT2D eigenvalue weighted by molar-refractivity contribution is 0.102. The molecule has 3 N–H and O–H groups in total. The van der Waals surface area contributed by atoms with Crippen molar-refractivity contribution in [2.24, 2.45) is 5.73 Å². The van der Waals surface area contributed by atoms with Crippen LogP contribution in [0.5, 0.6) is 0 Å². The van der Waals surface area contributed by atoms with Gasteiger partial charge in [0.15, 0.2) is 0 Å². The molecule has 0 spiro atoms. The Kier molecular flexibility index (Phi) is 3.96. The zero-order chi connectivity index (χ0) is 13.0. The second kappa shape index (κ2) is 5.66. The summed E-state index contributed by atoms with van der Waals surface area (Å²) in [6.45, 7) is 1.15. The van der Waals surface area contributed by atoms with Gasteiger partial charge in [-0.15, -0.1) is 0 Å². The third kappa shape index (κ3) is 3.09. The highest BCUT2D eigenvalue weighted by Gasteiger charge is 2.09. The van der Waals surface area contributed by atoms with Gasteiger partial charge in [0.25, 0.3) is 5.91 Å². The van der Waals surface area contributed by atoms with Crippen molar-refractivity contribution >= 4 is 23.2 Å². The highest BCUT2D eigenvalue weighted by molar-refractivity contribution is 6.30. The highest BCUT2D eigenvalue weighted by atomic mass is 35.5. The van der Waals surface area contributed by atoms with E-state index in [-0.39, 0.29) is 5.91 Å². The fourth-order valence-electron chi connectivity index (χ4n) is 1.48. The molecular weight excluding hydrogens is 252 g/mol. The Bertz CT molecular complexity index is 535. The van der Waals surface area contributed by atoms with Gasteiger partial charge in [0.1, 0.15) is 5.69 Å². The number of anilines is 1. The average molecular weight is 265 g/mol. The fraction of sp³-hybridized carbons (Fsp3) is 0.167. The van der Waals surface area contributed by atoms with E-state index in [0.29, 0.717) is 29.5 Å². The van der Waals surface area contributed by atoms with Gasteiger partial charge in [-0.2, -0.15) is 0 Å². The number of nitrogens with one attached hydrogen (secondary N) is 1. The van der Waals surface area contributed by atoms with Gasteiger partial charge >= 0.3 is 0 Å². The second-order valence-electron chi connectivity index (χ2n) is 3.75. The van der Waals surface area contributed by atoms with Gasteiger partial charge in [-0.25, -0.2) is 4.98 Å². The molecule has 5 nitrogen and oxygen atoms in total. The molecule has 0 saturated carbocycles. The van der Waals surface area contributed by atoms with Crippen molar-refractivity contribution in [2.45, 2.75) is 6.54 Å². The van der Waals surface area contributed by atoms with Crippen LogP contribution in [-0.2, 0) is 6.54 Å². The lowest BCUT2D eigenvalue weighted by Gasteiger charge is -2.02. The number of aromatic nitrogens is 2. The van der Waals surface area contributed by atoms with E-state index in [9.17, 15) is 4.79 Å². The number of benzene rings is 1. The second-order valence-corrected chi connectivity index (χ2v) is 4.18. The Morgan fingerprint density at radius 3 is 2.78 bits per heavy atom. The molecule has 6 heteroatoms. The Balaban J connectivity index is 2.04. The molecule has 0 saturated heterocycles. The van der Waals surface area contributed by atoms with Crippen LogP contribution in [-0.4, -0.2) is 22.0 Å². The maximum atomic E-state index is 11.9. The number of imidazole rings is 1. The van der Waals surface area contributed by atoms with Crippen LogP contribution in [0.1, 0.15) is 10.5 Å². The van der Waals surface area contributed by atoms with E-state index in [1.165, 1.54) is 0 Å². The molecule has 2 rings (SSSR count). The molecule has 0 bridgehead atoms. The highest BCUT2D eigenvalue weighted by Crippen LogP contribution is 2.14. The Morgan fingerprint density at radius 1 is 1.39 bits per heavy atom. The quantitative estimate of drug-likeness (QED) is 0.884. The molecule has 0 radical (unpaired) electrons. The van der Waals surface area contributed by atoms with Crippen LogP contribution in [0.3, 0.4) is 0 Å². The van der Waals surface area contributed by atoms with Gasteiger partial charge in [-0.05, 0) is 24.3 Å². The van der Waals surface area contributed by atoms with E-state index in [2.05, 4.69) is 10.3 Å². The maximum absolute atomic E-state index is 11.9. The normalized spacial score (nSPS) is 10.3. The number of hydrogen-bond acceptors (Lipinski definition) is 3. The largest absolute Gasteiger partial charge is 0.335 e. The third-order valence-corrected chi connectivity index (χ3v) is 2.61. The summed E-state index contributed by atoms with van der Waals surface area (Å²) in [5, 5.41) is 3.36. The number of hydrogen-bond donors (Lipinski definition) is 2. The molecular formula is C12H13ClN4O. The number of nitrogens with zero attached hydrogens (tertiary/aromatic N) is 2. The summed E-state index contributed by atoms with van der Waals surface area (Å²) in [5.41, 5.74) is 6.46. The minimum absolute atomic E-state index is 0.256. The molecule has 1 heterocycles. The lowest BCUT2D eigenvalue weighted by atomic mass is 10.3. The number of carbonyl (C=O) groups is 1. The van der Waals surface area contributed by atoms with Crippen molar-refractivity contribution in [1.82, 2.24) is 9.55 Å². The fourth-order valence-corrected chi connectivity index (χ4v) is 1.60. The smallest absolute Gasteiger partial charge is 0.275 e. The summed E-state index contributed by atoms with van der Waals surface area (Å²) < 4.78 is 1.77. The number of carbonyl (C=O) groups excluding carboxylic acids is 1. The molecule has 1 aromatic carbocycles. The molecule has 0 aliphatic heterocycles. The Labute approximate surface area is 110 Å². The van der Waals surface area contributed by atoms with E-state index in [4.69, 9.17) is 17.3 Å². The van der Waals surface area contributed by atoms with Crippen LogP contribution in [0.4, 0.5) is 5.69 Å². The minimum Gasteiger partial charge on any atom is -0.335 e. The first-order chi connectivity index (χ1) is 8.69. The minimum atomic E-state index is -0.256. The molecule has 0 unspecified atom stereocenters. The molecule has 1 aromatic heterocycles. The average Bonchev–Trinajstić information content (AvgIpc) is 2.81. The van der Waals surface area contributed by atoms with Crippen molar-refractivity contribution in [3.63, 3.8) is 0 Å². The first-order valence-corrected chi connectivity index (χ1v) is 5.85. The molecule has 0 aliphatic carbocycles. The van der Waals surface area contributed by atoms with E-state index in [1.54, 1.807) is 41.4 Å². The summed E-state index contributed by atoms with van der Waals surface area (Å²) in [5.74, 6) is -0.256. The van der Waals surface area contributed by atoms with Crippen molar-refractivity contribution in [3.8, 4) is 0 Å².